The van der Waals surface area contributed by atoms with Crippen LogP contribution in [0.2, 0.25) is 5.02 Å². The van der Waals surface area contributed by atoms with E-state index in [2.05, 4.69) is 4.90 Å². The maximum absolute atomic E-state index is 10.7. The zero-order valence-electron chi connectivity index (χ0n) is 9.60. The Morgan fingerprint density at radius 3 is 2.94 bits per heavy atom. The van der Waals surface area contributed by atoms with Crippen LogP contribution in [-0.4, -0.2) is 30.6 Å². The summed E-state index contributed by atoms with van der Waals surface area (Å²) in [6.45, 7) is 1.09. The third kappa shape index (κ3) is 2.61. The molecule has 1 unspecified atom stereocenters. The maximum atomic E-state index is 10.7. The lowest BCUT2D eigenvalue weighted by molar-refractivity contribution is 0.112. The average Bonchev–Trinajstić information content (AvgIpc) is 2.38. The normalized spacial score (nSPS) is 20.4. The van der Waals surface area contributed by atoms with Gasteiger partial charge in [0, 0.05) is 17.8 Å². The van der Waals surface area contributed by atoms with Gasteiger partial charge < -0.3 is 10.0 Å². The molecule has 1 fully saturated rings. The lowest BCUT2D eigenvalue weighted by Gasteiger charge is -2.36. The zero-order valence-corrected chi connectivity index (χ0v) is 10.4. The Balaban J connectivity index is 2.25. The van der Waals surface area contributed by atoms with E-state index in [1.807, 2.05) is 6.07 Å². The average molecular weight is 254 g/mol. The van der Waals surface area contributed by atoms with E-state index in [0.717, 1.165) is 37.8 Å². The van der Waals surface area contributed by atoms with E-state index in [9.17, 15) is 9.90 Å². The minimum atomic E-state index is 0.160. The smallest absolute Gasteiger partial charge is 0.151 e. The molecule has 4 heteroatoms. The van der Waals surface area contributed by atoms with Gasteiger partial charge in [-0.05, 0) is 37.5 Å². The Kier molecular flexibility index (Phi) is 4.02. The number of nitrogens with zero attached hydrogens (tertiary/aromatic N) is 1. The van der Waals surface area contributed by atoms with Crippen molar-refractivity contribution in [2.24, 2.45) is 0 Å². The molecule has 0 spiro atoms. The molecule has 92 valence electrons. The molecule has 1 heterocycles. The van der Waals surface area contributed by atoms with Gasteiger partial charge in [-0.25, -0.2) is 0 Å². The van der Waals surface area contributed by atoms with Crippen LogP contribution in [0.4, 0.5) is 5.69 Å². The number of rotatable bonds is 3. The van der Waals surface area contributed by atoms with Gasteiger partial charge in [0.05, 0.1) is 17.7 Å². The topological polar surface area (TPSA) is 40.5 Å². The molecule has 0 bridgehead atoms. The van der Waals surface area contributed by atoms with Crippen molar-refractivity contribution < 1.29 is 9.90 Å². The summed E-state index contributed by atoms with van der Waals surface area (Å²) in [7, 11) is 0. The summed E-state index contributed by atoms with van der Waals surface area (Å²) >= 11 is 6.02. The number of hydrogen-bond acceptors (Lipinski definition) is 3. The summed E-state index contributed by atoms with van der Waals surface area (Å²) in [5.41, 5.74) is 1.49. The molecule has 17 heavy (non-hydrogen) atoms. The fraction of sp³-hybridized carbons (Fsp3) is 0.462. The summed E-state index contributed by atoms with van der Waals surface area (Å²) in [5.74, 6) is 0. The second-order valence-corrected chi connectivity index (χ2v) is 4.76. The van der Waals surface area contributed by atoms with Crippen LogP contribution in [0, 0.1) is 0 Å². The van der Waals surface area contributed by atoms with E-state index in [1.54, 1.807) is 12.1 Å². The Morgan fingerprint density at radius 2 is 2.29 bits per heavy atom. The van der Waals surface area contributed by atoms with Crippen molar-refractivity contribution in [3.63, 3.8) is 0 Å². The van der Waals surface area contributed by atoms with Gasteiger partial charge in [0.25, 0.3) is 0 Å². The highest BCUT2D eigenvalue weighted by Crippen LogP contribution is 2.28. The number of aliphatic hydroxyl groups is 1. The molecule has 1 atom stereocenters. The van der Waals surface area contributed by atoms with Gasteiger partial charge in [-0.15, -0.1) is 0 Å². The number of anilines is 1. The molecule has 0 amide bonds. The first-order valence-corrected chi connectivity index (χ1v) is 6.26. The van der Waals surface area contributed by atoms with Gasteiger partial charge in [0.2, 0.25) is 0 Å². The molecule has 1 saturated heterocycles. The van der Waals surface area contributed by atoms with E-state index in [0.29, 0.717) is 10.6 Å². The van der Waals surface area contributed by atoms with Crippen molar-refractivity contribution >= 4 is 23.6 Å². The third-order valence-electron chi connectivity index (χ3n) is 3.28. The third-order valence-corrected chi connectivity index (χ3v) is 3.61. The molecule has 1 aliphatic rings. The van der Waals surface area contributed by atoms with Crippen LogP contribution in [0.3, 0.4) is 0 Å². The lowest BCUT2D eigenvalue weighted by atomic mass is 10.0. The molecule has 0 saturated carbocycles. The maximum Gasteiger partial charge on any atom is 0.151 e. The predicted octanol–water partition coefficient (Wildman–Crippen LogP) is 2.50. The van der Waals surface area contributed by atoms with Gasteiger partial charge in [0.1, 0.15) is 0 Å². The second-order valence-electron chi connectivity index (χ2n) is 4.35. The van der Waals surface area contributed by atoms with Crippen LogP contribution < -0.4 is 4.90 Å². The molecule has 1 aromatic rings. The zero-order chi connectivity index (χ0) is 12.3. The number of benzene rings is 1. The molecule has 1 N–H and O–H groups in total. The van der Waals surface area contributed by atoms with Gasteiger partial charge in [-0.3, -0.25) is 4.79 Å². The fourth-order valence-electron chi connectivity index (χ4n) is 2.32. The highest BCUT2D eigenvalue weighted by atomic mass is 35.5. The quantitative estimate of drug-likeness (QED) is 0.842. The molecule has 2 rings (SSSR count). The Labute approximate surface area is 106 Å². The minimum Gasteiger partial charge on any atom is -0.394 e. The standard InChI is InChI=1S/C13H16ClNO2/c14-13-7-11(5-4-10(13)8-16)15-6-2-1-3-12(15)9-17/h4-5,7-8,12,17H,1-3,6,9H2. The van der Waals surface area contributed by atoms with Crippen molar-refractivity contribution in [2.75, 3.05) is 18.1 Å². The van der Waals surface area contributed by atoms with E-state index in [-0.39, 0.29) is 12.6 Å². The van der Waals surface area contributed by atoms with Crippen molar-refractivity contribution in [1.29, 1.82) is 0 Å². The number of aliphatic hydroxyl groups excluding tert-OH is 1. The van der Waals surface area contributed by atoms with Crippen molar-refractivity contribution in [2.45, 2.75) is 25.3 Å². The van der Waals surface area contributed by atoms with E-state index in [1.165, 1.54) is 0 Å². The number of piperidine rings is 1. The molecular formula is C13H16ClNO2. The first-order valence-electron chi connectivity index (χ1n) is 5.88. The molecule has 3 nitrogen and oxygen atoms in total. The number of hydrogen-bond donors (Lipinski definition) is 1. The number of carbonyl (C=O) groups excluding carboxylic acids is 1. The molecule has 1 aromatic carbocycles. The van der Waals surface area contributed by atoms with Crippen molar-refractivity contribution in [3.8, 4) is 0 Å². The summed E-state index contributed by atoms with van der Waals surface area (Å²) in [6.07, 6.45) is 4.04. The number of aldehydes is 1. The van der Waals surface area contributed by atoms with E-state index < -0.39 is 0 Å². The van der Waals surface area contributed by atoms with Crippen molar-refractivity contribution in [1.82, 2.24) is 0 Å². The second kappa shape index (κ2) is 5.52. The predicted molar refractivity (Wildman–Crippen MR) is 68.9 cm³/mol. The van der Waals surface area contributed by atoms with Gasteiger partial charge in [-0.2, -0.15) is 0 Å². The Hall–Kier alpha value is -1.06. The SMILES string of the molecule is O=Cc1ccc(N2CCCCC2CO)cc1Cl. The lowest BCUT2D eigenvalue weighted by Crippen LogP contribution is -2.41. The first-order chi connectivity index (χ1) is 8.26. The summed E-state index contributed by atoms with van der Waals surface area (Å²) < 4.78 is 0. The minimum absolute atomic E-state index is 0.160. The van der Waals surface area contributed by atoms with Gasteiger partial charge >= 0.3 is 0 Å². The fourth-order valence-corrected chi connectivity index (χ4v) is 2.54. The number of carbonyl (C=O) groups is 1. The highest BCUT2D eigenvalue weighted by molar-refractivity contribution is 6.33. The van der Waals surface area contributed by atoms with Crippen LogP contribution in [0.25, 0.3) is 0 Å². The molecule has 1 aliphatic heterocycles. The largest absolute Gasteiger partial charge is 0.394 e. The Morgan fingerprint density at radius 1 is 1.47 bits per heavy atom. The first kappa shape index (κ1) is 12.4. The highest BCUT2D eigenvalue weighted by Gasteiger charge is 2.22. The summed E-state index contributed by atoms with van der Waals surface area (Å²) in [4.78, 5) is 12.9. The van der Waals surface area contributed by atoms with Gasteiger partial charge in [-0.1, -0.05) is 11.6 Å². The van der Waals surface area contributed by atoms with Crippen LogP contribution in [0.5, 0.6) is 0 Å². The van der Waals surface area contributed by atoms with Crippen molar-refractivity contribution in [3.05, 3.63) is 28.8 Å². The Bertz CT molecular complexity index is 408. The van der Waals surface area contributed by atoms with Crippen LogP contribution in [-0.2, 0) is 0 Å². The molecule has 0 aromatic heterocycles. The van der Waals surface area contributed by atoms with Crippen LogP contribution in [0.1, 0.15) is 29.6 Å². The molecule has 0 radical (unpaired) electrons. The summed E-state index contributed by atoms with van der Waals surface area (Å²) in [5, 5.41) is 9.83. The van der Waals surface area contributed by atoms with Gasteiger partial charge in [0.15, 0.2) is 6.29 Å². The van der Waals surface area contributed by atoms with E-state index in [4.69, 9.17) is 11.6 Å². The van der Waals surface area contributed by atoms with Crippen LogP contribution >= 0.6 is 11.6 Å². The van der Waals surface area contributed by atoms with Crippen LogP contribution in [0.15, 0.2) is 18.2 Å². The molecule has 0 aliphatic carbocycles. The van der Waals surface area contributed by atoms with E-state index >= 15 is 0 Å². The number of halogens is 1. The summed E-state index contributed by atoms with van der Waals surface area (Å²) in [6, 6.07) is 5.60. The molecular weight excluding hydrogens is 238 g/mol. The monoisotopic (exact) mass is 253 g/mol.